The van der Waals surface area contributed by atoms with Gasteiger partial charge in [0.2, 0.25) is 0 Å². The molecular weight excluding hydrogens is 366 g/mol. The van der Waals surface area contributed by atoms with E-state index >= 15 is 0 Å². The maximum absolute atomic E-state index is 12.4. The number of aromatic amines is 1. The molecule has 5 nitrogen and oxygen atoms in total. The van der Waals surface area contributed by atoms with E-state index in [9.17, 15) is 9.59 Å². The predicted molar refractivity (Wildman–Crippen MR) is 90.3 cm³/mol. The van der Waals surface area contributed by atoms with Gasteiger partial charge in [0.1, 0.15) is 5.56 Å². The van der Waals surface area contributed by atoms with Crippen molar-refractivity contribution in [2.24, 2.45) is 0 Å². The Bertz CT molecular complexity index is 719. The van der Waals surface area contributed by atoms with E-state index in [1.54, 1.807) is 28.4 Å². The van der Waals surface area contributed by atoms with Crippen molar-refractivity contribution < 1.29 is 4.79 Å². The lowest BCUT2D eigenvalue weighted by Gasteiger charge is -2.34. The summed E-state index contributed by atoms with van der Waals surface area (Å²) >= 11 is 5.21. The van der Waals surface area contributed by atoms with E-state index in [-0.39, 0.29) is 17.0 Å². The van der Waals surface area contributed by atoms with E-state index < -0.39 is 0 Å². The molecule has 0 atom stereocenters. The Balaban J connectivity index is 1.58. The van der Waals surface area contributed by atoms with E-state index in [1.165, 1.54) is 11.1 Å². The average molecular weight is 382 g/mol. The summed E-state index contributed by atoms with van der Waals surface area (Å²) in [4.78, 5) is 32.0. The standard InChI is InChI=1S/C15H16BrN3O2S/c16-13-4-3-11(22-13)10-18-6-8-19(9-7-18)15(21)12-2-1-5-17-14(12)20/h1-5H,6-10H2,(H,17,20). The quantitative estimate of drug-likeness (QED) is 0.885. The average Bonchev–Trinajstić information content (AvgIpc) is 2.93. The summed E-state index contributed by atoms with van der Waals surface area (Å²) < 4.78 is 1.14. The third-order valence-corrected chi connectivity index (χ3v) is 5.32. The van der Waals surface area contributed by atoms with Crippen molar-refractivity contribution in [3.63, 3.8) is 0 Å². The van der Waals surface area contributed by atoms with Gasteiger partial charge in [-0.1, -0.05) is 0 Å². The highest BCUT2D eigenvalue weighted by Crippen LogP contribution is 2.23. The lowest BCUT2D eigenvalue weighted by atomic mass is 10.2. The van der Waals surface area contributed by atoms with Crippen LogP contribution in [0.3, 0.4) is 0 Å². The number of thiophene rings is 1. The number of amides is 1. The second kappa shape index (κ2) is 6.76. The van der Waals surface area contributed by atoms with Crippen molar-refractivity contribution in [1.29, 1.82) is 0 Å². The molecule has 0 saturated carbocycles. The van der Waals surface area contributed by atoms with Crippen molar-refractivity contribution in [3.8, 4) is 0 Å². The summed E-state index contributed by atoms with van der Waals surface area (Å²) in [6.45, 7) is 3.86. The molecule has 0 unspecified atom stereocenters. The molecule has 1 aliphatic heterocycles. The van der Waals surface area contributed by atoms with Crippen LogP contribution in [-0.4, -0.2) is 46.9 Å². The van der Waals surface area contributed by atoms with E-state index in [2.05, 4.69) is 37.9 Å². The van der Waals surface area contributed by atoms with Crippen LogP contribution >= 0.6 is 27.3 Å². The minimum absolute atomic E-state index is 0.180. The normalized spacial score (nSPS) is 16.0. The predicted octanol–water partition coefficient (Wildman–Crippen LogP) is 2.16. The van der Waals surface area contributed by atoms with Gasteiger partial charge < -0.3 is 9.88 Å². The first-order valence-electron chi connectivity index (χ1n) is 7.07. The Hall–Kier alpha value is -1.44. The number of hydrogen-bond donors (Lipinski definition) is 1. The summed E-state index contributed by atoms with van der Waals surface area (Å²) in [5.41, 5.74) is -0.100. The van der Waals surface area contributed by atoms with Gasteiger partial charge in [0.05, 0.1) is 3.79 Å². The van der Waals surface area contributed by atoms with Crippen LogP contribution in [0.5, 0.6) is 0 Å². The summed E-state index contributed by atoms with van der Waals surface area (Å²) in [7, 11) is 0. The van der Waals surface area contributed by atoms with Gasteiger partial charge in [-0.25, -0.2) is 0 Å². The third kappa shape index (κ3) is 3.48. The molecule has 7 heteroatoms. The molecule has 0 bridgehead atoms. The monoisotopic (exact) mass is 381 g/mol. The minimum atomic E-state index is -0.321. The smallest absolute Gasteiger partial charge is 0.260 e. The minimum Gasteiger partial charge on any atom is -0.336 e. The molecule has 0 aliphatic carbocycles. The number of nitrogens with one attached hydrogen (secondary N) is 1. The van der Waals surface area contributed by atoms with Gasteiger partial charge in [-0.05, 0) is 40.2 Å². The summed E-state index contributed by atoms with van der Waals surface area (Å²) in [6, 6.07) is 7.44. The lowest BCUT2D eigenvalue weighted by Crippen LogP contribution is -2.49. The largest absolute Gasteiger partial charge is 0.336 e. The molecule has 2 aromatic heterocycles. The number of piperazine rings is 1. The highest BCUT2D eigenvalue weighted by atomic mass is 79.9. The number of H-pyrrole nitrogens is 1. The van der Waals surface area contributed by atoms with E-state index in [1.807, 2.05) is 0 Å². The highest BCUT2D eigenvalue weighted by molar-refractivity contribution is 9.11. The highest BCUT2D eigenvalue weighted by Gasteiger charge is 2.23. The molecule has 0 spiro atoms. The van der Waals surface area contributed by atoms with Crippen molar-refractivity contribution in [3.05, 3.63) is 55.0 Å². The van der Waals surface area contributed by atoms with Crippen LogP contribution in [0, 0.1) is 0 Å². The number of nitrogens with zero attached hydrogens (tertiary/aromatic N) is 2. The van der Waals surface area contributed by atoms with Crippen LogP contribution in [0.4, 0.5) is 0 Å². The molecule has 3 heterocycles. The van der Waals surface area contributed by atoms with Gasteiger partial charge >= 0.3 is 0 Å². The number of pyridine rings is 1. The zero-order chi connectivity index (χ0) is 15.5. The fourth-order valence-corrected chi connectivity index (χ4v) is 4.05. The van der Waals surface area contributed by atoms with E-state index in [4.69, 9.17) is 0 Å². The molecule has 22 heavy (non-hydrogen) atoms. The van der Waals surface area contributed by atoms with Crippen LogP contribution in [-0.2, 0) is 6.54 Å². The second-order valence-electron chi connectivity index (χ2n) is 5.19. The zero-order valence-corrected chi connectivity index (χ0v) is 14.3. The number of carbonyl (C=O) groups excluding carboxylic acids is 1. The van der Waals surface area contributed by atoms with Gasteiger partial charge in [0, 0.05) is 43.8 Å². The molecule has 1 fully saturated rings. The number of halogens is 1. The summed E-state index contributed by atoms with van der Waals surface area (Å²) in [6.07, 6.45) is 1.54. The molecule has 0 radical (unpaired) electrons. The number of rotatable bonds is 3. The molecule has 2 aromatic rings. The van der Waals surface area contributed by atoms with Crippen LogP contribution < -0.4 is 5.56 Å². The number of carbonyl (C=O) groups is 1. The maximum atomic E-state index is 12.4. The Morgan fingerprint density at radius 2 is 2.00 bits per heavy atom. The van der Waals surface area contributed by atoms with Gasteiger partial charge in [-0.3, -0.25) is 14.5 Å². The SMILES string of the molecule is O=C(c1ccc[nH]c1=O)N1CCN(Cc2ccc(Br)s2)CC1. The first kappa shape index (κ1) is 15.5. The first-order chi connectivity index (χ1) is 10.6. The van der Waals surface area contributed by atoms with Crippen LogP contribution in [0.15, 0.2) is 39.0 Å². The van der Waals surface area contributed by atoms with Gasteiger partial charge in [0.15, 0.2) is 0 Å². The third-order valence-electron chi connectivity index (χ3n) is 3.72. The van der Waals surface area contributed by atoms with Crippen LogP contribution in [0.25, 0.3) is 0 Å². The second-order valence-corrected chi connectivity index (χ2v) is 7.73. The Morgan fingerprint density at radius 3 is 2.64 bits per heavy atom. The Labute approximate surface area is 140 Å². The summed E-state index contributed by atoms with van der Waals surface area (Å²) in [5, 5.41) is 0. The molecule has 1 amide bonds. The van der Waals surface area contributed by atoms with Crippen LogP contribution in [0.2, 0.25) is 0 Å². The van der Waals surface area contributed by atoms with E-state index in [0.717, 1.165) is 23.4 Å². The van der Waals surface area contributed by atoms with Crippen LogP contribution in [0.1, 0.15) is 15.2 Å². The molecule has 1 saturated heterocycles. The number of hydrogen-bond acceptors (Lipinski definition) is 4. The molecule has 116 valence electrons. The first-order valence-corrected chi connectivity index (χ1v) is 8.68. The zero-order valence-electron chi connectivity index (χ0n) is 11.9. The van der Waals surface area contributed by atoms with Crippen molar-refractivity contribution in [1.82, 2.24) is 14.8 Å². The number of aromatic nitrogens is 1. The van der Waals surface area contributed by atoms with Crippen molar-refractivity contribution in [2.45, 2.75) is 6.54 Å². The van der Waals surface area contributed by atoms with Gasteiger partial charge in [-0.2, -0.15) is 0 Å². The Morgan fingerprint density at radius 1 is 1.23 bits per heavy atom. The molecule has 3 rings (SSSR count). The van der Waals surface area contributed by atoms with Crippen molar-refractivity contribution >= 4 is 33.2 Å². The van der Waals surface area contributed by atoms with E-state index in [0.29, 0.717) is 13.1 Å². The summed E-state index contributed by atoms with van der Waals surface area (Å²) in [5.74, 6) is -0.180. The molecule has 1 aliphatic rings. The fourth-order valence-electron chi connectivity index (χ4n) is 2.53. The van der Waals surface area contributed by atoms with Gasteiger partial charge in [-0.15, -0.1) is 11.3 Å². The van der Waals surface area contributed by atoms with Crippen molar-refractivity contribution in [2.75, 3.05) is 26.2 Å². The topological polar surface area (TPSA) is 56.4 Å². The fraction of sp³-hybridized carbons (Fsp3) is 0.333. The molecule has 0 aromatic carbocycles. The maximum Gasteiger partial charge on any atom is 0.260 e. The Kier molecular flexibility index (Phi) is 4.75. The lowest BCUT2D eigenvalue weighted by molar-refractivity contribution is 0.0628. The van der Waals surface area contributed by atoms with Gasteiger partial charge in [0.25, 0.3) is 11.5 Å². The molecular formula is C15H16BrN3O2S. The molecule has 1 N–H and O–H groups in total.